The first-order valence-electron chi connectivity index (χ1n) is 10.3. The number of carbonyl (C=O) groups is 3. The maximum absolute atomic E-state index is 12.9. The van der Waals surface area contributed by atoms with Gasteiger partial charge in [0.1, 0.15) is 5.76 Å². The fraction of sp³-hybridized carbons (Fsp3) is 0.348. The standard InChI is InChI=1S/C23H24ClNO7S/c1-5-13(3)31-20-16(24)9-14(10-18(20)30-6-2)11-19-21(26)25(23(28)33-19)12-15-7-8-17(32-15)22(27)29-4/h7-11,13H,5-6,12H2,1-4H3/b19-11+/t13-/m1/s1. The van der Waals surface area contributed by atoms with Crippen LogP contribution in [0.5, 0.6) is 11.5 Å². The number of ether oxygens (including phenoxy) is 3. The van der Waals surface area contributed by atoms with Crippen molar-refractivity contribution in [2.24, 2.45) is 0 Å². The Kier molecular flexibility index (Phi) is 8.10. The molecule has 2 aromatic rings. The molecule has 1 atom stereocenters. The van der Waals surface area contributed by atoms with Crippen LogP contribution in [0, 0.1) is 0 Å². The molecule has 3 rings (SSSR count). The van der Waals surface area contributed by atoms with Gasteiger partial charge < -0.3 is 18.6 Å². The minimum absolute atomic E-state index is 0.00666. The van der Waals surface area contributed by atoms with Crippen LogP contribution in [0.25, 0.3) is 6.08 Å². The van der Waals surface area contributed by atoms with E-state index in [0.29, 0.717) is 28.7 Å². The van der Waals surface area contributed by atoms with Gasteiger partial charge in [0.05, 0.1) is 36.3 Å². The summed E-state index contributed by atoms with van der Waals surface area (Å²) in [6, 6.07) is 6.32. The Morgan fingerprint density at radius 1 is 1.27 bits per heavy atom. The van der Waals surface area contributed by atoms with Crippen LogP contribution in [0.3, 0.4) is 0 Å². The molecule has 8 nitrogen and oxygen atoms in total. The van der Waals surface area contributed by atoms with E-state index in [-0.39, 0.29) is 29.1 Å². The molecule has 0 bridgehead atoms. The van der Waals surface area contributed by atoms with Crippen LogP contribution in [-0.2, 0) is 16.1 Å². The van der Waals surface area contributed by atoms with E-state index in [1.165, 1.54) is 19.2 Å². The molecule has 0 N–H and O–H groups in total. The predicted molar refractivity (Wildman–Crippen MR) is 125 cm³/mol. The van der Waals surface area contributed by atoms with Gasteiger partial charge in [-0.1, -0.05) is 18.5 Å². The Labute approximate surface area is 200 Å². The number of halogens is 1. The average Bonchev–Trinajstić information content (AvgIpc) is 3.36. The molecular formula is C23H24ClNO7S. The molecular weight excluding hydrogens is 470 g/mol. The van der Waals surface area contributed by atoms with Gasteiger partial charge in [-0.3, -0.25) is 14.5 Å². The smallest absolute Gasteiger partial charge is 0.373 e. The van der Waals surface area contributed by atoms with E-state index in [4.69, 9.17) is 25.5 Å². The van der Waals surface area contributed by atoms with E-state index >= 15 is 0 Å². The molecule has 2 heterocycles. The topological polar surface area (TPSA) is 95.3 Å². The highest BCUT2D eigenvalue weighted by Gasteiger charge is 2.36. The van der Waals surface area contributed by atoms with Gasteiger partial charge in [-0.15, -0.1) is 0 Å². The molecule has 2 amide bonds. The second-order valence-corrected chi connectivity index (χ2v) is 8.53. The molecule has 33 heavy (non-hydrogen) atoms. The lowest BCUT2D eigenvalue weighted by Gasteiger charge is -2.18. The molecule has 0 aliphatic carbocycles. The lowest BCUT2D eigenvalue weighted by atomic mass is 10.1. The Hall–Kier alpha value is -2.91. The monoisotopic (exact) mass is 493 g/mol. The van der Waals surface area contributed by atoms with Crippen molar-refractivity contribution >= 4 is 46.6 Å². The fourth-order valence-corrected chi connectivity index (χ4v) is 4.05. The van der Waals surface area contributed by atoms with E-state index in [1.807, 2.05) is 20.8 Å². The lowest BCUT2D eigenvalue weighted by Crippen LogP contribution is -2.27. The quantitative estimate of drug-likeness (QED) is 0.332. The van der Waals surface area contributed by atoms with Crippen molar-refractivity contribution in [2.45, 2.75) is 39.8 Å². The Bertz CT molecular complexity index is 1090. The molecule has 0 radical (unpaired) electrons. The summed E-state index contributed by atoms with van der Waals surface area (Å²) in [5, 5.41) is -0.104. The van der Waals surface area contributed by atoms with Crippen molar-refractivity contribution in [1.82, 2.24) is 4.90 Å². The molecule has 1 aliphatic rings. The third-order valence-corrected chi connectivity index (χ3v) is 5.95. The van der Waals surface area contributed by atoms with E-state index in [2.05, 4.69) is 4.74 Å². The zero-order valence-corrected chi connectivity index (χ0v) is 20.2. The zero-order chi connectivity index (χ0) is 24.1. The molecule has 0 saturated carbocycles. The summed E-state index contributed by atoms with van der Waals surface area (Å²) < 4.78 is 21.5. The maximum atomic E-state index is 12.9. The number of hydrogen-bond donors (Lipinski definition) is 0. The van der Waals surface area contributed by atoms with Crippen LogP contribution in [0.2, 0.25) is 5.02 Å². The number of amides is 2. The van der Waals surface area contributed by atoms with Crippen LogP contribution in [0.15, 0.2) is 33.6 Å². The average molecular weight is 494 g/mol. The van der Waals surface area contributed by atoms with Crippen LogP contribution in [0.4, 0.5) is 4.79 Å². The molecule has 1 fully saturated rings. The SMILES string of the molecule is CCOc1cc(/C=C2/SC(=O)N(Cc3ccc(C(=O)OC)o3)C2=O)cc(Cl)c1O[C@H](C)CC. The molecule has 1 aromatic heterocycles. The number of methoxy groups -OCH3 is 1. The van der Waals surface area contributed by atoms with Gasteiger partial charge in [0.15, 0.2) is 11.5 Å². The summed E-state index contributed by atoms with van der Waals surface area (Å²) in [4.78, 5) is 38.1. The normalized spacial score (nSPS) is 15.8. The fourth-order valence-electron chi connectivity index (χ4n) is 2.95. The second kappa shape index (κ2) is 10.8. The van der Waals surface area contributed by atoms with Gasteiger partial charge in [-0.2, -0.15) is 0 Å². The Balaban J connectivity index is 1.83. The Morgan fingerprint density at radius 2 is 2.03 bits per heavy atom. The number of thioether (sulfide) groups is 1. The number of carbonyl (C=O) groups excluding carboxylic acids is 3. The molecule has 1 aliphatic heterocycles. The number of hydrogen-bond acceptors (Lipinski definition) is 8. The number of esters is 1. The van der Waals surface area contributed by atoms with Crippen molar-refractivity contribution in [1.29, 1.82) is 0 Å². The first-order chi connectivity index (χ1) is 15.8. The van der Waals surface area contributed by atoms with Crippen LogP contribution in [0.1, 0.15) is 49.1 Å². The van der Waals surface area contributed by atoms with E-state index in [1.54, 1.807) is 18.2 Å². The molecule has 10 heteroatoms. The summed E-state index contributed by atoms with van der Waals surface area (Å²) in [5.74, 6) is 0.0621. The summed E-state index contributed by atoms with van der Waals surface area (Å²) in [5.41, 5.74) is 0.594. The minimum atomic E-state index is -0.641. The number of furan rings is 1. The van der Waals surface area contributed by atoms with Crippen molar-refractivity contribution in [2.75, 3.05) is 13.7 Å². The first-order valence-corrected chi connectivity index (χ1v) is 11.5. The van der Waals surface area contributed by atoms with Crippen molar-refractivity contribution < 1.29 is 33.0 Å². The minimum Gasteiger partial charge on any atom is -0.490 e. The molecule has 0 spiro atoms. The van der Waals surface area contributed by atoms with Gasteiger partial charge in [0, 0.05) is 0 Å². The summed E-state index contributed by atoms with van der Waals surface area (Å²) in [7, 11) is 1.23. The highest BCUT2D eigenvalue weighted by Crippen LogP contribution is 2.40. The van der Waals surface area contributed by atoms with Crippen LogP contribution in [-0.4, -0.2) is 41.8 Å². The third kappa shape index (κ3) is 5.72. The second-order valence-electron chi connectivity index (χ2n) is 7.13. The van der Waals surface area contributed by atoms with Crippen molar-refractivity contribution in [3.63, 3.8) is 0 Å². The van der Waals surface area contributed by atoms with Gasteiger partial charge in [0.25, 0.3) is 11.1 Å². The zero-order valence-electron chi connectivity index (χ0n) is 18.7. The highest BCUT2D eigenvalue weighted by atomic mass is 35.5. The molecule has 0 unspecified atom stereocenters. The highest BCUT2D eigenvalue weighted by molar-refractivity contribution is 8.18. The third-order valence-electron chi connectivity index (χ3n) is 4.76. The van der Waals surface area contributed by atoms with Crippen molar-refractivity contribution in [3.8, 4) is 11.5 Å². The van der Waals surface area contributed by atoms with Gasteiger partial charge in [-0.25, -0.2) is 4.79 Å². The molecule has 176 valence electrons. The van der Waals surface area contributed by atoms with Gasteiger partial charge in [0.2, 0.25) is 5.76 Å². The predicted octanol–water partition coefficient (Wildman–Crippen LogP) is 5.53. The van der Waals surface area contributed by atoms with E-state index in [9.17, 15) is 14.4 Å². The maximum Gasteiger partial charge on any atom is 0.373 e. The summed E-state index contributed by atoms with van der Waals surface area (Å²) in [6.45, 7) is 6.08. The summed E-state index contributed by atoms with van der Waals surface area (Å²) in [6.07, 6.45) is 2.33. The van der Waals surface area contributed by atoms with E-state index in [0.717, 1.165) is 23.1 Å². The number of benzene rings is 1. The number of imide groups is 1. The van der Waals surface area contributed by atoms with E-state index < -0.39 is 17.1 Å². The number of nitrogens with zero attached hydrogens (tertiary/aromatic N) is 1. The first kappa shape index (κ1) is 24.7. The Morgan fingerprint density at radius 3 is 2.70 bits per heavy atom. The lowest BCUT2D eigenvalue weighted by molar-refractivity contribution is -0.123. The molecule has 1 aromatic carbocycles. The number of rotatable bonds is 9. The van der Waals surface area contributed by atoms with Gasteiger partial charge >= 0.3 is 5.97 Å². The van der Waals surface area contributed by atoms with Crippen molar-refractivity contribution in [3.05, 3.63) is 51.3 Å². The van der Waals surface area contributed by atoms with Crippen LogP contribution >= 0.6 is 23.4 Å². The van der Waals surface area contributed by atoms with Gasteiger partial charge in [-0.05, 0) is 67.9 Å². The largest absolute Gasteiger partial charge is 0.490 e. The molecule has 1 saturated heterocycles. The summed E-state index contributed by atoms with van der Waals surface area (Å²) >= 11 is 7.25. The van der Waals surface area contributed by atoms with Crippen LogP contribution < -0.4 is 9.47 Å².